The van der Waals surface area contributed by atoms with Crippen molar-refractivity contribution in [3.8, 4) is 0 Å². The van der Waals surface area contributed by atoms with E-state index in [0.29, 0.717) is 11.0 Å². The summed E-state index contributed by atoms with van der Waals surface area (Å²) in [4.78, 5) is 0. The first kappa shape index (κ1) is 8.06. The van der Waals surface area contributed by atoms with Crippen LogP contribution in [0.5, 0.6) is 0 Å². The summed E-state index contributed by atoms with van der Waals surface area (Å²) >= 11 is 0. The summed E-state index contributed by atoms with van der Waals surface area (Å²) < 4.78 is 0. The van der Waals surface area contributed by atoms with Gasteiger partial charge in [-0.05, 0) is 31.7 Å². The van der Waals surface area contributed by atoms with E-state index in [1.54, 1.807) is 0 Å². The molecule has 1 nitrogen and oxygen atoms in total. The Kier molecular flexibility index (Phi) is 1.59. The van der Waals surface area contributed by atoms with Gasteiger partial charge < -0.3 is 5.32 Å². The van der Waals surface area contributed by atoms with Gasteiger partial charge in [0.1, 0.15) is 0 Å². The Morgan fingerprint density at radius 2 is 1.80 bits per heavy atom. The molecular weight excluding hydrogens is 122 g/mol. The van der Waals surface area contributed by atoms with Crippen molar-refractivity contribution >= 4 is 0 Å². The fraction of sp³-hybridized carbons (Fsp3) is 1.00. The van der Waals surface area contributed by atoms with Crippen LogP contribution < -0.4 is 5.32 Å². The van der Waals surface area contributed by atoms with Gasteiger partial charge >= 0.3 is 0 Å². The first-order valence-electron chi connectivity index (χ1n) is 4.15. The maximum absolute atomic E-state index is 3.39. The molecule has 0 amide bonds. The molecule has 2 unspecified atom stereocenters. The number of rotatable bonds is 2. The monoisotopic (exact) mass is 141 g/mol. The fourth-order valence-electron chi connectivity index (χ4n) is 1.91. The van der Waals surface area contributed by atoms with Crippen LogP contribution in [-0.4, -0.2) is 12.6 Å². The zero-order valence-electron chi connectivity index (χ0n) is 7.78. The van der Waals surface area contributed by atoms with E-state index in [-0.39, 0.29) is 0 Å². The zero-order chi connectivity index (χ0) is 7.99. The van der Waals surface area contributed by atoms with Crippen molar-refractivity contribution in [1.82, 2.24) is 5.32 Å². The minimum Gasteiger partial charge on any atom is -0.314 e. The average molecular weight is 141 g/mol. The highest BCUT2D eigenvalue weighted by molar-refractivity contribution is 5.16. The topological polar surface area (TPSA) is 12.0 Å². The molecule has 1 rings (SSSR count). The third-order valence-electron chi connectivity index (χ3n) is 3.68. The Balaban J connectivity index is 2.63. The second-order valence-electron chi connectivity index (χ2n) is 4.33. The summed E-state index contributed by atoms with van der Waals surface area (Å²) in [6.07, 6.45) is 1.33. The molecule has 60 valence electrons. The summed E-state index contributed by atoms with van der Waals surface area (Å²) in [5, 5.41) is 3.39. The molecule has 0 aromatic carbocycles. The molecule has 0 spiro atoms. The first-order valence-corrected chi connectivity index (χ1v) is 4.15. The summed E-state index contributed by atoms with van der Waals surface area (Å²) in [6, 6.07) is 0. The SMILES string of the molecule is CNC1(C)CC1(C)C(C)C. The van der Waals surface area contributed by atoms with Crippen molar-refractivity contribution in [2.45, 2.75) is 39.7 Å². The van der Waals surface area contributed by atoms with Gasteiger partial charge in [-0.1, -0.05) is 20.8 Å². The van der Waals surface area contributed by atoms with Gasteiger partial charge in [0.15, 0.2) is 0 Å². The van der Waals surface area contributed by atoms with E-state index in [4.69, 9.17) is 0 Å². The molecule has 1 fully saturated rings. The molecule has 1 aliphatic rings. The quantitative estimate of drug-likeness (QED) is 0.620. The largest absolute Gasteiger partial charge is 0.314 e. The van der Waals surface area contributed by atoms with Gasteiger partial charge in [0.2, 0.25) is 0 Å². The number of nitrogens with one attached hydrogen (secondary N) is 1. The second-order valence-corrected chi connectivity index (χ2v) is 4.33. The molecule has 1 saturated carbocycles. The third kappa shape index (κ3) is 0.800. The Bertz CT molecular complexity index is 142. The van der Waals surface area contributed by atoms with Crippen LogP contribution in [0.4, 0.5) is 0 Å². The van der Waals surface area contributed by atoms with Crippen molar-refractivity contribution in [3.05, 3.63) is 0 Å². The van der Waals surface area contributed by atoms with Gasteiger partial charge in [0, 0.05) is 5.54 Å². The van der Waals surface area contributed by atoms with Crippen LogP contribution in [0.15, 0.2) is 0 Å². The molecule has 0 radical (unpaired) electrons. The highest BCUT2D eigenvalue weighted by Gasteiger charge is 2.61. The minimum absolute atomic E-state index is 0.418. The Labute approximate surface area is 64.2 Å². The minimum atomic E-state index is 0.418. The highest BCUT2D eigenvalue weighted by Crippen LogP contribution is 2.60. The second kappa shape index (κ2) is 1.97. The summed E-state index contributed by atoms with van der Waals surface area (Å²) in [5.74, 6) is 0.796. The van der Waals surface area contributed by atoms with Gasteiger partial charge in [-0.25, -0.2) is 0 Å². The van der Waals surface area contributed by atoms with Crippen molar-refractivity contribution in [1.29, 1.82) is 0 Å². The summed E-state index contributed by atoms with van der Waals surface area (Å²) in [7, 11) is 2.06. The predicted molar refractivity (Wildman–Crippen MR) is 45.0 cm³/mol. The third-order valence-corrected chi connectivity index (χ3v) is 3.68. The molecule has 1 N–H and O–H groups in total. The zero-order valence-corrected chi connectivity index (χ0v) is 7.78. The lowest BCUT2D eigenvalue weighted by atomic mass is 9.90. The predicted octanol–water partition coefficient (Wildman–Crippen LogP) is 2.03. The van der Waals surface area contributed by atoms with E-state index in [1.165, 1.54) is 6.42 Å². The molecule has 0 aliphatic heterocycles. The normalized spacial score (nSPS) is 46.2. The smallest absolute Gasteiger partial charge is 0.0213 e. The molecule has 1 heteroatoms. The van der Waals surface area contributed by atoms with Crippen molar-refractivity contribution in [2.24, 2.45) is 11.3 Å². The van der Waals surface area contributed by atoms with Crippen LogP contribution in [0.25, 0.3) is 0 Å². The van der Waals surface area contributed by atoms with Crippen LogP contribution in [0, 0.1) is 11.3 Å². The van der Waals surface area contributed by atoms with Crippen LogP contribution in [0.3, 0.4) is 0 Å². The lowest BCUT2D eigenvalue weighted by molar-refractivity contribution is 0.319. The van der Waals surface area contributed by atoms with E-state index in [9.17, 15) is 0 Å². The van der Waals surface area contributed by atoms with Crippen molar-refractivity contribution in [3.63, 3.8) is 0 Å². The lowest BCUT2D eigenvalue weighted by Crippen LogP contribution is -2.32. The molecule has 2 atom stereocenters. The van der Waals surface area contributed by atoms with Gasteiger partial charge in [-0.2, -0.15) is 0 Å². The van der Waals surface area contributed by atoms with Crippen LogP contribution in [0.2, 0.25) is 0 Å². The first-order chi connectivity index (χ1) is 4.46. The highest BCUT2D eigenvalue weighted by atomic mass is 15.0. The van der Waals surface area contributed by atoms with Gasteiger partial charge in [0.05, 0.1) is 0 Å². The van der Waals surface area contributed by atoms with Gasteiger partial charge in [0.25, 0.3) is 0 Å². The van der Waals surface area contributed by atoms with E-state index in [1.807, 2.05) is 0 Å². The maximum Gasteiger partial charge on any atom is 0.0213 e. The number of hydrogen-bond donors (Lipinski definition) is 1. The number of hydrogen-bond acceptors (Lipinski definition) is 1. The van der Waals surface area contributed by atoms with E-state index < -0.39 is 0 Å². The lowest BCUT2D eigenvalue weighted by Gasteiger charge is -2.21. The Morgan fingerprint density at radius 3 is 1.90 bits per heavy atom. The molecule has 0 saturated heterocycles. The van der Waals surface area contributed by atoms with Crippen molar-refractivity contribution in [2.75, 3.05) is 7.05 Å². The molecule has 0 aromatic rings. The van der Waals surface area contributed by atoms with Crippen LogP contribution in [-0.2, 0) is 0 Å². The molecule has 0 heterocycles. The van der Waals surface area contributed by atoms with E-state index in [2.05, 4.69) is 40.1 Å². The van der Waals surface area contributed by atoms with Crippen LogP contribution in [0.1, 0.15) is 34.1 Å². The standard InChI is InChI=1S/C9H19N/c1-7(2)8(3)6-9(8,4)10-5/h7,10H,6H2,1-5H3. The summed E-state index contributed by atoms with van der Waals surface area (Å²) in [5.41, 5.74) is 0.961. The Morgan fingerprint density at radius 1 is 1.30 bits per heavy atom. The molecule has 0 aromatic heterocycles. The molecule has 0 bridgehead atoms. The Hall–Kier alpha value is -0.0400. The van der Waals surface area contributed by atoms with Crippen LogP contribution >= 0.6 is 0 Å². The average Bonchev–Trinajstić information content (AvgIpc) is 2.39. The molecular formula is C9H19N. The maximum atomic E-state index is 3.39. The fourth-order valence-corrected chi connectivity index (χ4v) is 1.91. The molecule has 10 heavy (non-hydrogen) atoms. The van der Waals surface area contributed by atoms with E-state index in [0.717, 1.165) is 5.92 Å². The van der Waals surface area contributed by atoms with E-state index >= 15 is 0 Å². The van der Waals surface area contributed by atoms with Gasteiger partial charge in [-0.3, -0.25) is 0 Å². The summed E-state index contributed by atoms with van der Waals surface area (Å²) in [6.45, 7) is 9.30. The van der Waals surface area contributed by atoms with Crippen molar-refractivity contribution < 1.29 is 0 Å². The molecule has 1 aliphatic carbocycles. The van der Waals surface area contributed by atoms with Gasteiger partial charge in [-0.15, -0.1) is 0 Å².